The molecule has 0 radical (unpaired) electrons. The van der Waals surface area contributed by atoms with Gasteiger partial charge in [0.1, 0.15) is 30.6 Å². The van der Waals surface area contributed by atoms with Gasteiger partial charge in [0.15, 0.2) is 5.65 Å². The van der Waals surface area contributed by atoms with Crippen molar-refractivity contribution in [3.63, 3.8) is 0 Å². The SMILES string of the molecule is O=C(Cn1cc(COc2ncnc3c2cnn3-c2ccccc2)nn1)Nc1ccc([N+](=O)[O-])cc1. The van der Waals surface area contributed by atoms with Crippen molar-refractivity contribution in [1.82, 2.24) is 34.7 Å². The molecule has 174 valence electrons. The topological polar surface area (TPSA) is 156 Å². The Labute approximate surface area is 197 Å². The molecule has 13 heteroatoms. The lowest BCUT2D eigenvalue weighted by Gasteiger charge is -2.05. The zero-order valence-electron chi connectivity index (χ0n) is 18.1. The van der Waals surface area contributed by atoms with E-state index in [4.69, 9.17) is 4.74 Å². The van der Waals surface area contributed by atoms with Crippen LogP contribution in [0.3, 0.4) is 0 Å². The number of rotatable bonds is 8. The van der Waals surface area contributed by atoms with Gasteiger partial charge in [-0.15, -0.1) is 5.10 Å². The molecule has 35 heavy (non-hydrogen) atoms. The number of nitro groups is 1. The summed E-state index contributed by atoms with van der Waals surface area (Å²) in [6.07, 6.45) is 4.62. The first-order valence-electron chi connectivity index (χ1n) is 10.4. The molecule has 0 fully saturated rings. The van der Waals surface area contributed by atoms with Crippen molar-refractivity contribution in [1.29, 1.82) is 0 Å². The molecule has 0 bridgehead atoms. The van der Waals surface area contributed by atoms with Crippen LogP contribution < -0.4 is 10.1 Å². The number of nitrogens with zero attached hydrogens (tertiary/aromatic N) is 8. The van der Waals surface area contributed by atoms with Crippen molar-refractivity contribution < 1.29 is 14.5 Å². The Morgan fingerprint density at radius 2 is 1.89 bits per heavy atom. The van der Waals surface area contributed by atoms with Crippen LogP contribution in [0.4, 0.5) is 11.4 Å². The van der Waals surface area contributed by atoms with Gasteiger partial charge >= 0.3 is 0 Å². The number of ether oxygens (including phenoxy) is 1. The van der Waals surface area contributed by atoms with Gasteiger partial charge in [0, 0.05) is 17.8 Å². The first-order chi connectivity index (χ1) is 17.1. The second kappa shape index (κ2) is 9.35. The third-order valence-corrected chi connectivity index (χ3v) is 4.94. The molecule has 5 aromatic rings. The van der Waals surface area contributed by atoms with Crippen LogP contribution in [0.15, 0.2) is 73.3 Å². The lowest BCUT2D eigenvalue weighted by Crippen LogP contribution is -2.19. The Balaban J connectivity index is 1.21. The van der Waals surface area contributed by atoms with Crippen LogP contribution >= 0.6 is 0 Å². The van der Waals surface area contributed by atoms with Crippen molar-refractivity contribution in [3.8, 4) is 11.6 Å². The highest BCUT2D eigenvalue weighted by Gasteiger charge is 2.14. The minimum absolute atomic E-state index is 0.0581. The van der Waals surface area contributed by atoms with Gasteiger partial charge in [0.2, 0.25) is 11.8 Å². The van der Waals surface area contributed by atoms with E-state index in [0.717, 1.165) is 5.69 Å². The number of para-hydroxylation sites is 1. The van der Waals surface area contributed by atoms with Crippen LogP contribution in [0.25, 0.3) is 16.7 Å². The molecule has 0 aliphatic heterocycles. The molecule has 0 saturated heterocycles. The summed E-state index contributed by atoms with van der Waals surface area (Å²) in [4.78, 5) is 31.0. The summed E-state index contributed by atoms with van der Waals surface area (Å²) < 4.78 is 8.88. The first kappa shape index (κ1) is 21.6. The highest BCUT2D eigenvalue weighted by molar-refractivity contribution is 5.90. The van der Waals surface area contributed by atoms with Crippen LogP contribution in [0.2, 0.25) is 0 Å². The van der Waals surface area contributed by atoms with E-state index < -0.39 is 4.92 Å². The lowest BCUT2D eigenvalue weighted by molar-refractivity contribution is -0.384. The van der Waals surface area contributed by atoms with Crippen molar-refractivity contribution in [2.75, 3.05) is 5.32 Å². The predicted molar refractivity (Wildman–Crippen MR) is 123 cm³/mol. The van der Waals surface area contributed by atoms with Crippen LogP contribution in [0, 0.1) is 10.1 Å². The molecule has 0 atom stereocenters. The average Bonchev–Trinajstić information content (AvgIpc) is 3.51. The molecule has 0 spiro atoms. The first-order valence-corrected chi connectivity index (χ1v) is 10.4. The summed E-state index contributed by atoms with van der Waals surface area (Å²) in [5.74, 6) is -0.00954. The summed E-state index contributed by atoms with van der Waals surface area (Å²) >= 11 is 0. The molecule has 0 unspecified atom stereocenters. The number of nitro benzene ring substituents is 1. The number of amides is 1. The Morgan fingerprint density at radius 3 is 2.66 bits per heavy atom. The summed E-state index contributed by atoms with van der Waals surface area (Å²) in [6.45, 7) is -0.0157. The van der Waals surface area contributed by atoms with E-state index in [1.807, 2.05) is 30.3 Å². The minimum atomic E-state index is -0.507. The number of aromatic nitrogens is 7. The third-order valence-electron chi connectivity index (χ3n) is 4.94. The third kappa shape index (κ3) is 4.78. The van der Waals surface area contributed by atoms with Crippen molar-refractivity contribution in [2.45, 2.75) is 13.2 Å². The number of hydrogen-bond acceptors (Lipinski definition) is 9. The number of benzene rings is 2. The molecule has 3 aromatic heterocycles. The highest BCUT2D eigenvalue weighted by Crippen LogP contribution is 2.23. The van der Waals surface area contributed by atoms with Gasteiger partial charge < -0.3 is 10.1 Å². The van der Waals surface area contributed by atoms with Gasteiger partial charge in [-0.05, 0) is 24.3 Å². The molecular formula is C22H17N9O4. The standard InChI is InChI=1S/C22H17N9O4/c32-20(26-15-6-8-18(9-7-15)31(33)34)12-29-11-16(27-28-29)13-35-22-19-10-25-30(21(19)23-14-24-22)17-4-2-1-3-5-17/h1-11,14H,12-13H2,(H,26,32). The lowest BCUT2D eigenvalue weighted by atomic mass is 10.3. The average molecular weight is 471 g/mol. The largest absolute Gasteiger partial charge is 0.470 e. The maximum absolute atomic E-state index is 12.3. The maximum atomic E-state index is 12.3. The quantitative estimate of drug-likeness (QED) is 0.265. The molecule has 0 aliphatic carbocycles. The Bertz CT molecular complexity index is 1500. The van der Waals surface area contributed by atoms with Gasteiger partial charge in [-0.1, -0.05) is 23.4 Å². The molecule has 0 aliphatic rings. The summed E-state index contributed by atoms with van der Waals surface area (Å²) in [6, 6.07) is 15.1. The van der Waals surface area contributed by atoms with Crippen LogP contribution in [0.1, 0.15) is 5.69 Å². The fourth-order valence-electron chi connectivity index (χ4n) is 3.33. The number of fused-ring (bicyclic) bond motifs is 1. The van der Waals surface area contributed by atoms with Gasteiger partial charge in [-0.2, -0.15) is 5.10 Å². The number of anilines is 1. The Hall–Kier alpha value is -5.20. The van der Waals surface area contributed by atoms with Crippen LogP contribution in [-0.4, -0.2) is 45.6 Å². The molecule has 1 amide bonds. The van der Waals surface area contributed by atoms with E-state index in [9.17, 15) is 14.9 Å². The van der Waals surface area contributed by atoms with E-state index >= 15 is 0 Å². The number of hydrogen-bond donors (Lipinski definition) is 1. The number of carbonyl (C=O) groups excluding carboxylic acids is 1. The zero-order chi connectivity index (χ0) is 24.2. The maximum Gasteiger partial charge on any atom is 0.269 e. The molecule has 1 N–H and O–H groups in total. The van der Waals surface area contributed by atoms with Gasteiger partial charge in [0.25, 0.3) is 5.69 Å². The van der Waals surface area contributed by atoms with E-state index in [0.29, 0.717) is 28.3 Å². The second-order valence-corrected chi connectivity index (χ2v) is 7.36. The van der Waals surface area contributed by atoms with E-state index in [2.05, 4.69) is 30.7 Å². The van der Waals surface area contributed by atoms with E-state index in [1.54, 1.807) is 17.1 Å². The number of nitrogens with one attached hydrogen (secondary N) is 1. The van der Waals surface area contributed by atoms with Crippen molar-refractivity contribution in [3.05, 3.63) is 89.1 Å². The molecule has 2 aromatic carbocycles. The second-order valence-electron chi connectivity index (χ2n) is 7.36. The summed E-state index contributed by atoms with van der Waals surface area (Å²) in [7, 11) is 0. The van der Waals surface area contributed by atoms with Gasteiger partial charge in [0.05, 0.1) is 23.0 Å². The van der Waals surface area contributed by atoms with Gasteiger partial charge in [-0.25, -0.2) is 19.3 Å². The van der Waals surface area contributed by atoms with E-state index in [-0.39, 0.29) is 24.7 Å². The fourth-order valence-corrected chi connectivity index (χ4v) is 3.33. The molecule has 5 rings (SSSR count). The predicted octanol–water partition coefficient (Wildman–Crippen LogP) is 2.53. The molecule has 0 saturated carbocycles. The molecule has 13 nitrogen and oxygen atoms in total. The fraction of sp³-hybridized carbons (Fsp3) is 0.0909. The summed E-state index contributed by atoms with van der Waals surface area (Å²) in [5, 5.41) is 26.4. The smallest absolute Gasteiger partial charge is 0.269 e. The normalized spacial score (nSPS) is 10.9. The summed E-state index contributed by atoms with van der Waals surface area (Å²) in [5.41, 5.74) is 2.34. The van der Waals surface area contributed by atoms with Crippen molar-refractivity contribution >= 4 is 28.3 Å². The highest BCUT2D eigenvalue weighted by atomic mass is 16.6. The molecule has 3 heterocycles. The number of carbonyl (C=O) groups is 1. The van der Waals surface area contributed by atoms with E-state index in [1.165, 1.54) is 35.3 Å². The number of non-ortho nitro benzene ring substituents is 1. The minimum Gasteiger partial charge on any atom is -0.470 e. The molecular weight excluding hydrogens is 454 g/mol. The Kier molecular flexibility index (Phi) is 5.78. The Morgan fingerprint density at radius 1 is 1.09 bits per heavy atom. The van der Waals surface area contributed by atoms with Crippen LogP contribution in [-0.2, 0) is 17.9 Å². The monoisotopic (exact) mass is 471 g/mol. The van der Waals surface area contributed by atoms with Crippen LogP contribution in [0.5, 0.6) is 5.88 Å². The van der Waals surface area contributed by atoms with Gasteiger partial charge in [-0.3, -0.25) is 14.9 Å². The zero-order valence-corrected chi connectivity index (χ0v) is 18.1. The van der Waals surface area contributed by atoms with Crippen molar-refractivity contribution in [2.24, 2.45) is 0 Å².